The molecule has 2 rings (SSSR count). The minimum Gasteiger partial charge on any atom is -0.484 e. The summed E-state index contributed by atoms with van der Waals surface area (Å²) in [6, 6.07) is 16.3. The number of methoxy groups -OCH3 is 1. The summed E-state index contributed by atoms with van der Waals surface area (Å²) in [7, 11) is 3.31. The quantitative estimate of drug-likeness (QED) is 0.529. The van der Waals surface area contributed by atoms with Gasteiger partial charge in [0.05, 0.1) is 6.10 Å². The largest absolute Gasteiger partial charge is 0.484 e. The molecular weight excluding hydrogens is 371 g/mol. The SMILES string of the molecule is CN=C(NCc1ccc(OCC(F)(F)F)cc1)NCC(OC)c1ccccc1. The highest BCUT2D eigenvalue weighted by Crippen LogP contribution is 2.19. The van der Waals surface area contributed by atoms with Crippen LogP contribution in [0.1, 0.15) is 17.2 Å². The number of rotatable bonds is 8. The Morgan fingerprint density at radius 1 is 1.04 bits per heavy atom. The Bertz CT molecular complexity index is 735. The minimum atomic E-state index is -4.35. The number of nitrogens with one attached hydrogen (secondary N) is 2. The van der Waals surface area contributed by atoms with E-state index in [1.165, 1.54) is 12.1 Å². The topological polar surface area (TPSA) is 54.9 Å². The maximum atomic E-state index is 12.2. The summed E-state index contributed by atoms with van der Waals surface area (Å²) in [6.45, 7) is -0.310. The molecule has 5 nitrogen and oxygen atoms in total. The van der Waals surface area contributed by atoms with E-state index >= 15 is 0 Å². The van der Waals surface area contributed by atoms with Crippen LogP contribution in [0, 0.1) is 0 Å². The first-order valence-electron chi connectivity index (χ1n) is 8.72. The first kappa shape index (κ1) is 21.6. The maximum Gasteiger partial charge on any atom is 0.422 e. The third-order valence-corrected chi connectivity index (χ3v) is 3.92. The molecule has 0 aromatic heterocycles. The van der Waals surface area contributed by atoms with Crippen molar-refractivity contribution in [2.24, 2.45) is 4.99 Å². The van der Waals surface area contributed by atoms with Gasteiger partial charge in [0.25, 0.3) is 0 Å². The van der Waals surface area contributed by atoms with Gasteiger partial charge in [-0.25, -0.2) is 0 Å². The van der Waals surface area contributed by atoms with E-state index in [2.05, 4.69) is 15.6 Å². The lowest BCUT2D eigenvalue weighted by Gasteiger charge is -2.19. The fourth-order valence-electron chi connectivity index (χ4n) is 2.47. The van der Waals surface area contributed by atoms with E-state index in [9.17, 15) is 13.2 Å². The van der Waals surface area contributed by atoms with E-state index in [0.717, 1.165) is 11.1 Å². The molecule has 0 aliphatic heterocycles. The first-order chi connectivity index (χ1) is 13.4. The molecule has 2 aromatic rings. The van der Waals surface area contributed by atoms with Crippen molar-refractivity contribution in [3.63, 3.8) is 0 Å². The summed E-state index contributed by atoms with van der Waals surface area (Å²) in [5.41, 5.74) is 1.94. The third-order valence-electron chi connectivity index (χ3n) is 3.92. The van der Waals surface area contributed by atoms with E-state index in [1.54, 1.807) is 26.3 Å². The van der Waals surface area contributed by atoms with Gasteiger partial charge in [-0.2, -0.15) is 13.2 Å². The normalized spacial score (nSPS) is 13.1. The van der Waals surface area contributed by atoms with Crippen molar-refractivity contribution in [3.8, 4) is 5.75 Å². The van der Waals surface area contributed by atoms with Crippen LogP contribution in [0.4, 0.5) is 13.2 Å². The van der Waals surface area contributed by atoms with Crippen molar-refractivity contribution in [2.75, 3.05) is 27.3 Å². The van der Waals surface area contributed by atoms with Crippen molar-refractivity contribution >= 4 is 5.96 Å². The lowest BCUT2D eigenvalue weighted by atomic mass is 10.1. The molecule has 0 radical (unpaired) electrons. The molecule has 0 saturated carbocycles. The predicted molar refractivity (Wildman–Crippen MR) is 102 cm³/mol. The van der Waals surface area contributed by atoms with Gasteiger partial charge >= 0.3 is 6.18 Å². The molecule has 0 saturated heterocycles. The molecule has 0 aliphatic rings. The summed E-state index contributed by atoms with van der Waals surface area (Å²) in [4.78, 5) is 4.17. The number of nitrogens with zero attached hydrogens (tertiary/aromatic N) is 1. The summed E-state index contributed by atoms with van der Waals surface area (Å²) in [6.07, 6.45) is -4.47. The lowest BCUT2D eigenvalue weighted by molar-refractivity contribution is -0.153. The number of hydrogen-bond acceptors (Lipinski definition) is 3. The number of aliphatic imine (C=N–C) groups is 1. The Balaban J connectivity index is 1.81. The van der Waals surface area contributed by atoms with Crippen LogP contribution in [0.3, 0.4) is 0 Å². The average Bonchev–Trinajstić information content (AvgIpc) is 2.70. The molecule has 2 N–H and O–H groups in total. The molecule has 8 heteroatoms. The zero-order valence-corrected chi connectivity index (χ0v) is 15.8. The van der Waals surface area contributed by atoms with Gasteiger partial charge in [-0.3, -0.25) is 4.99 Å². The van der Waals surface area contributed by atoms with E-state index in [4.69, 9.17) is 9.47 Å². The van der Waals surface area contributed by atoms with Crippen LogP contribution in [0.15, 0.2) is 59.6 Å². The van der Waals surface area contributed by atoms with Gasteiger partial charge in [0.15, 0.2) is 12.6 Å². The Morgan fingerprint density at radius 3 is 2.29 bits per heavy atom. The van der Waals surface area contributed by atoms with E-state index < -0.39 is 12.8 Å². The average molecular weight is 395 g/mol. The number of benzene rings is 2. The van der Waals surface area contributed by atoms with E-state index in [1.807, 2.05) is 30.3 Å². The Labute approximate surface area is 162 Å². The Kier molecular flexibility index (Phi) is 8.13. The number of ether oxygens (including phenoxy) is 2. The summed E-state index contributed by atoms with van der Waals surface area (Å²) in [5.74, 6) is 0.768. The van der Waals surface area contributed by atoms with Crippen LogP contribution in [0.2, 0.25) is 0 Å². The van der Waals surface area contributed by atoms with E-state index in [0.29, 0.717) is 19.0 Å². The molecule has 0 spiro atoms. The summed E-state index contributed by atoms with van der Waals surface area (Å²) in [5, 5.41) is 6.36. The van der Waals surface area contributed by atoms with Crippen molar-refractivity contribution in [1.82, 2.24) is 10.6 Å². The van der Waals surface area contributed by atoms with E-state index in [-0.39, 0.29) is 11.9 Å². The number of hydrogen-bond donors (Lipinski definition) is 2. The van der Waals surface area contributed by atoms with Crippen molar-refractivity contribution < 1.29 is 22.6 Å². The van der Waals surface area contributed by atoms with Gasteiger partial charge in [-0.05, 0) is 23.3 Å². The molecule has 2 aromatic carbocycles. The standard InChI is InChI=1S/C20H24F3N3O2/c1-24-19(26-13-18(27-2)16-6-4-3-5-7-16)25-12-15-8-10-17(11-9-15)28-14-20(21,22)23/h3-11,18H,12-14H2,1-2H3,(H2,24,25,26). The molecular formula is C20H24F3N3O2. The summed E-state index contributed by atoms with van der Waals surface area (Å²) < 4.78 is 46.7. The van der Waals surface area contributed by atoms with Crippen LogP contribution >= 0.6 is 0 Å². The maximum absolute atomic E-state index is 12.2. The Morgan fingerprint density at radius 2 is 1.71 bits per heavy atom. The molecule has 0 amide bonds. The van der Waals surface area contributed by atoms with Gasteiger partial charge in [0, 0.05) is 27.2 Å². The summed E-state index contributed by atoms with van der Waals surface area (Å²) >= 11 is 0. The second kappa shape index (κ2) is 10.6. The number of halogens is 3. The molecule has 0 aliphatic carbocycles. The second-order valence-electron chi connectivity index (χ2n) is 5.99. The smallest absolute Gasteiger partial charge is 0.422 e. The fourth-order valence-corrected chi connectivity index (χ4v) is 2.47. The van der Waals surface area contributed by atoms with Gasteiger partial charge in [0.1, 0.15) is 5.75 Å². The van der Waals surface area contributed by atoms with Crippen molar-refractivity contribution in [3.05, 3.63) is 65.7 Å². The third kappa shape index (κ3) is 7.48. The van der Waals surface area contributed by atoms with Crippen LogP contribution in [0.5, 0.6) is 5.75 Å². The fraction of sp³-hybridized carbons (Fsp3) is 0.350. The highest BCUT2D eigenvalue weighted by Gasteiger charge is 2.28. The first-order valence-corrected chi connectivity index (χ1v) is 8.72. The van der Waals surface area contributed by atoms with Gasteiger partial charge in [0.2, 0.25) is 0 Å². The molecule has 152 valence electrons. The van der Waals surface area contributed by atoms with Crippen LogP contribution < -0.4 is 15.4 Å². The molecule has 0 heterocycles. The molecule has 0 bridgehead atoms. The van der Waals surface area contributed by atoms with Gasteiger partial charge < -0.3 is 20.1 Å². The van der Waals surface area contributed by atoms with Gasteiger partial charge in [-0.15, -0.1) is 0 Å². The zero-order chi connectivity index (χ0) is 20.4. The van der Waals surface area contributed by atoms with Crippen LogP contribution in [0.25, 0.3) is 0 Å². The van der Waals surface area contributed by atoms with Crippen molar-refractivity contribution in [1.29, 1.82) is 0 Å². The molecule has 1 unspecified atom stereocenters. The molecule has 0 fully saturated rings. The predicted octanol–water partition coefficient (Wildman–Crippen LogP) is 3.68. The second-order valence-corrected chi connectivity index (χ2v) is 5.99. The highest BCUT2D eigenvalue weighted by molar-refractivity contribution is 5.79. The van der Waals surface area contributed by atoms with Crippen LogP contribution in [-0.4, -0.2) is 39.4 Å². The van der Waals surface area contributed by atoms with Crippen molar-refractivity contribution in [2.45, 2.75) is 18.8 Å². The Hall–Kier alpha value is -2.74. The zero-order valence-electron chi connectivity index (χ0n) is 15.8. The van der Waals surface area contributed by atoms with Gasteiger partial charge in [-0.1, -0.05) is 42.5 Å². The highest BCUT2D eigenvalue weighted by atomic mass is 19.4. The lowest BCUT2D eigenvalue weighted by Crippen LogP contribution is -2.39. The number of guanidine groups is 1. The van der Waals surface area contributed by atoms with Crippen LogP contribution in [-0.2, 0) is 11.3 Å². The minimum absolute atomic E-state index is 0.121. The monoisotopic (exact) mass is 395 g/mol. The molecule has 1 atom stereocenters. The number of alkyl halides is 3. The molecule has 28 heavy (non-hydrogen) atoms.